The lowest BCUT2D eigenvalue weighted by Gasteiger charge is -2.33. The van der Waals surface area contributed by atoms with Crippen LogP contribution in [0.25, 0.3) is 11.1 Å². The number of carbonyl (C=O) groups excluding carboxylic acids is 1. The van der Waals surface area contributed by atoms with E-state index in [0.717, 1.165) is 35.3 Å². The van der Waals surface area contributed by atoms with Crippen molar-refractivity contribution in [2.75, 3.05) is 36.8 Å². The highest BCUT2D eigenvalue weighted by atomic mass is 35.5. The van der Waals surface area contributed by atoms with Gasteiger partial charge < -0.3 is 20.0 Å². The summed E-state index contributed by atoms with van der Waals surface area (Å²) >= 11 is 0. The van der Waals surface area contributed by atoms with Gasteiger partial charge in [0.05, 0.1) is 6.42 Å². The molecule has 0 spiro atoms. The number of hydrogen-bond acceptors (Lipinski definition) is 5. The first kappa shape index (κ1) is 21.9. The first-order valence-electron chi connectivity index (χ1n) is 8.83. The number of aryl methyl sites for hydroxylation is 1. The molecule has 0 bridgehead atoms. The number of anilines is 2. The number of halogens is 2. The predicted octanol–water partition coefficient (Wildman–Crippen LogP) is 3.45. The molecule has 1 aliphatic rings. The van der Waals surface area contributed by atoms with Crippen molar-refractivity contribution >= 4 is 53.5 Å². The Morgan fingerprint density at radius 3 is 2.43 bits per heavy atom. The molecule has 2 heterocycles. The van der Waals surface area contributed by atoms with Crippen LogP contribution in [0.3, 0.4) is 0 Å². The number of fused-ring (bicyclic) bond motifs is 1. The van der Waals surface area contributed by atoms with Gasteiger partial charge in [-0.2, -0.15) is 4.98 Å². The lowest BCUT2D eigenvalue weighted by Crippen LogP contribution is -2.49. The lowest BCUT2D eigenvalue weighted by molar-refractivity contribution is -0.130. The van der Waals surface area contributed by atoms with Crippen molar-refractivity contribution in [1.82, 2.24) is 9.88 Å². The Morgan fingerprint density at radius 2 is 1.75 bits per heavy atom. The Labute approximate surface area is 176 Å². The molecule has 1 saturated heterocycles. The van der Waals surface area contributed by atoms with Crippen LogP contribution in [0.15, 0.2) is 46.9 Å². The molecule has 28 heavy (non-hydrogen) atoms. The highest BCUT2D eigenvalue weighted by Gasteiger charge is 2.24. The van der Waals surface area contributed by atoms with Crippen molar-refractivity contribution in [3.05, 3.63) is 53.6 Å². The molecular weight excluding hydrogens is 399 g/mol. The fourth-order valence-corrected chi connectivity index (χ4v) is 3.23. The minimum atomic E-state index is 0. The van der Waals surface area contributed by atoms with Crippen LogP contribution in [0.1, 0.15) is 11.1 Å². The number of piperazine rings is 1. The Kier molecular flexibility index (Phi) is 7.16. The second-order valence-corrected chi connectivity index (χ2v) is 6.75. The summed E-state index contributed by atoms with van der Waals surface area (Å²) in [5, 5.41) is 0. The fraction of sp³-hybridized carbons (Fsp3) is 0.300. The quantitative estimate of drug-likeness (QED) is 0.654. The third kappa shape index (κ3) is 4.69. The van der Waals surface area contributed by atoms with Crippen LogP contribution < -0.4 is 10.6 Å². The van der Waals surface area contributed by atoms with E-state index in [9.17, 15) is 4.79 Å². The van der Waals surface area contributed by atoms with E-state index in [1.54, 1.807) is 0 Å². The number of nitrogens with two attached hydrogens (primary N) is 1. The summed E-state index contributed by atoms with van der Waals surface area (Å²) in [7, 11) is 0. The highest BCUT2D eigenvalue weighted by molar-refractivity contribution is 5.85. The van der Waals surface area contributed by atoms with Crippen LogP contribution in [0.5, 0.6) is 0 Å². The number of hydrogen-bond donors (Lipinski definition) is 1. The number of carbonyl (C=O) groups is 1. The minimum absolute atomic E-state index is 0. The first-order chi connectivity index (χ1) is 12.6. The highest BCUT2D eigenvalue weighted by Crippen LogP contribution is 2.23. The molecule has 0 unspecified atom stereocenters. The van der Waals surface area contributed by atoms with Crippen molar-refractivity contribution in [1.29, 1.82) is 0 Å². The molecule has 2 aromatic carbocycles. The number of aromatic nitrogens is 1. The van der Waals surface area contributed by atoms with Crippen LogP contribution in [0.4, 0.5) is 11.7 Å². The predicted molar refractivity (Wildman–Crippen MR) is 117 cm³/mol. The van der Waals surface area contributed by atoms with E-state index in [1.807, 2.05) is 54.3 Å². The topological polar surface area (TPSA) is 75.6 Å². The lowest BCUT2D eigenvalue weighted by atomic mass is 10.1. The SMILES string of the molecule is Cc1ccc2oc(N3CCN(C(=O)Cc4ccc(N)cc4)CC3)nc2c1.Cl.Cl. The average Bonchev–Trinajstić information content (AvgIpc) is 3.07. The molecule has 2 N–H and O–H groups in total. The number of nitrogens with zero attached hydrogens (tertiary/aromatic N) is 3. The Bertz CT molecular complexity index is 935. The Morgan fingerprint density at radius 1 is 1.07 bits per heavy atom. The molecule has 1 fully saturated rings. The van der Waals surface area contributed by atoms with Crippen molar-refractivity contribution in [2.24, 2.45) is 0 Å². The van der Waals surface area contributed by atoms with Crippen LogP contribution >= 0.6 is 24.8 Å². The molecule has 150 valence electrons. The number of nitrogen functional groups attached to an aromatic ring is 1. The van der Waals surface area contributed by atoms with Gasteiger partial charge in [-0.1, -0.05) is 18.2 Å². The first-order valence-corrected chi connectivity index (χ1v) is 8.83. The van der Waals surface area contributed by atoms with Crippen molar-refractivity contribution in [2.45, 2.75) is 13.3 Å². The molecule has 4 rings (SSSR count). The number of amides is 1. The molecule has 1 amide bonds. The smallest absolute Gasteiger partial charge is 0.298 e. The summed E-state index contributed by atoms with van der Waals surface area (Å²) in [6.45, 7) is 4.83. The molecule has 0 aliphatic carbocycles. The molecule has 0 saturated carbocycles. The molecule has 8 heteroatoms. The molecule has 0 radical (unpaired) electrons. The minimum Gasteiger partial charge on any atom is -0.423 e. The Balaban J connectivity index is 0.00000140. The van der Waals surface area contributed by atoms with Gasteiger partial charge in [0.2, 0.25) is 5.91 Å². The van der Waals surface area contributed by atoms with E-state index in [0.29, 0.717) is 31.2 Å². The normalized spacial score (nSPS) is 13.8. The zero-order valence-corrected chi connectivity index (χ0v) is 17.3. The summed E-state index contributed by atoms with van der Waals surface area (Å²) < 4.78 is 5.86. The molecule has 1 aliphatic heterocycles. The molecule has 6 nitrogen and oxygen atoms in total. The fourth-order valence-electron chi connectivity index (χ4n) is 3.23. The van der Waals surface area contributed by atoms with E-state index in [1.165, 1.54) is 0 Å². The molecule has 0 atom stereocenters. The van der Waals surface area contributed by atoms with Crippen LogP contribution in [0.2, 0.25) is 0 Å². The second kappa shape index (κ2) is 9.17. The van der Waals surface area contributed by atoms with Gasteiger partial charge in [0.1, 0.15) is 5.52 Å². The van der Waals surface area contributed by atoms with Crippen molar-refractivity contribution in [3.63, 3.8) is 0 Å². The van der Waals surface area contributed by atoms with Gasteiger partial charge >= 0.3 is 0 Å². The third-order valence-electron chi connectivity index (χ3n) is 4.77. The number of benzene rings is 2. The standard InChI is InChI=1S/C20H22N4O2.2ClH/c1-14-2-7-18-17(12-14)22-20(26-18)24-10-8-23(9-11-24)19(25)13-15-3-5-16(21)6-4-15;;/h2-7,12H,8-11,13,21H2,1H3;2*1H. The third-order valence-corrected chi connectivity index (χ3v) is 4.77. The van der Waals surface area contributed by atoms with Crippen LogP contribution in [-0.2, 0) is 11.2 Å². The second-order valence-electron chi connectivity index (χ2n) is 6.75. The van der Waals surface area contributed by atoms with Gasteiger partial charge in [-0.3, -0.25) is 4.79 Å². The van der Waals surface area contributed by atoms with Crippen LogP contribution in [0, 0.1) is 6.92 Å². The summed E-state index contributed by atoms with van der Waals surface area (Å²) in [4.78, 5) is 21.1. The van der Waals surface area contributed by atoms with E-state index in [-0.39, 0.29) is 30.7 Å². The van der Waals surface area contributed by atoms with E-state index < -0.39 is 0 Å². The van der Waals surface area contributed by atoms with Gasteiger partial charge in [0, 0.05) is 31.9 Å². The zero-order valence-electron chi connectivity index (χ0n) is 15.6. The van der Waals surface area contributed by atoms with Gasteiger partial charge in [-0.15, -0.1) is 24.8 Å². The van der Waals surface area contributed by atoms with E-state index in [4.69, 9.17) is 10.2 Å². The van der Waals surface area contributed by atoms with Crippen LogP contribution in [-0.4, -0.2) is 42.0 Å². The maximum Gasteiger partial charge on any atom is 0.298 e. The maximum absolute atomic E-state index is 12.5. The van der Waals surface area contributed by atoms with E-state index >= 15 is 0 Å². The van der Waals surface area contributed by atoms with Gasteiger partial charge in [-0.05, 0) is 42.3 Å². The number of oxazole rings is 1. The average molecular weight is 423 g/mol. The Hall–Kier alpha value is -2.44. The maximum atomic E-state index is 12.5. The summed E-state index contributed by atoms with van der Waals surface area (Å²) in [6, 6.07) is 14.1. The van der Waals surface area contributed by atoms with Gasteiger partial charge in [0.25, 0.3) is 6.01 Å². The summed E-state index contributed by atoms with van der Waals surface area (Å²) in [6.07, 6.45) is 0.405. The molecule has 1 aromatic heterocycles. The zero-order chi connectivity index (χ0) is 18.1. The van der Waals surface area contributed by atoms with Crippen molar-refractivity contribution in [3.8, 4) is 0 Å². The summed E-state index contributed by atoms with van der Waals surface area (Å²) in [5.41, 5.74) is 10.2. The van der Waals surface area contributed by atoms with Gasteiger partial charge in [-0.25, -0.2) is 0 Å². The monoisotopic (exact) mass is 422 g/mol. The van der Waals surface area contributed by atoms with Crippen molar-refractivity contribution < 1.29 is 9.21 Å². The number of rotatable bonds is 3. The molecular formula is C20H24Cl2N4O2. The van der Waals surface area contributed by atoms with Gasteiger partial charge in [0.15, 0.2) is 5.58 Å². The summed E-state index contributed by atoms with van der Waals surface area (Å²) in [5.74, 6) is 0.141. The van der Waals surface area contributed by atoms with E-state index in [2.05, 4.69) is 9.88 Å². The largest absolute Gasteiger partial charge is 0.423 e. The molecule has 3 aromatic rings.